The molecular weight excluding hydrogens is 624 g/mol. The van der Waals surface area contributed by atoms with E-state index in [1.54, 1.807) is 0 Å². The molecule has 264 valence electrons. The zero-order valence-electron chi connectivity index (χ0n) is 23.4. The Kier molecular flexibility index (Phi) is 12.4. The number of carbonyl (C=O) groups excluding carboxylic acids is 1. The molecule has 3 aliphatic heterocycles. The number of rotatable bonds is 11. The van der Waals surface area contributed by atoms with E-state index in [0.717, 1.165) is 0 Å². The maximum absolute atomic E-state index is 14.4. The van der Waals surface area contributed by atoms with Gasteiger partial charge in [-0.25, -0.2) is 0 Å². The predicted molar refractivity (Wildman–Crippen MR) is 135 cm³/mol. The van der Waals surface area contributed by atoms with E-state index >= 15 is 0 Å². The van der Waals surface area contributed by atoms with Crippen LogP contribution in [0.5, 0.6) is 0 Å². The Balaban J connectivity index is 2.38. The van der Waals surface area contributed by atoms with Crippen molar-refractivity contribution in [3.8, 4) is 0 Å². The smallest absolute Gasteiger partial charge is 0.201 e. The van der Waals surface area contributed by atoms with Crippen molar-refractivity contribution in [2.75, 3.05) is 26.4 Å². The molecule has 3 rings (SSSR count). The molecule has 45 heavy (non-hydrogen) atoms. The normalized spacial score (nSPS) is 46.9. The first-order valence-electron chi connectivity index (χ1n) is 13.8. The molecular formula is C24H42O21. The van der Waals surface area contributed by atoms with Crippen molar-refractivity contribution in [2.45, 2.75) is 115 Å². The fourth-order valence-electron chi connectivity index (χ4n) is 6.02. The lowest BCUT2D eigenvalue weighted by Crippen LogP contribution is -2.85. The number of carbonyl (C=O) groups is 1. The average Bonchev–Trinajstić information content (AvgIpc) is 3.03. The summed E-state index contributed by atoms with van der Waals surface area (Å²) >= 11 is 0. The van der Waals surface area contributed by atoms with Crippen LogP contribution in [0.25, 0.3) is 0 Å². The molecule has 0 aromatic heterocycles. The van der Waals surface area contributed by atoms with E-state index in [4.69, 9.17) is 14.2 Å². The molecule has 3 heterocycles. The summed E-state index contributed by atoms with van der Waals surface area (Å²) in [5.41, 5.74) is -8.44. The van der Waals surface area contributed by atoms with E-state index < -0.39 is 147 Å². The number of Topliss-reactive ketones (excluding diaryl/α,β-unsaturated/α-hetero) is 1. The van der Waals surface area contributed by atoms with Crippen molar-refractivity contribution in [1.82, 2.24) is 0 Å². The zero-order valence-corrected chi connectivity index (χ0v) is 23.4. The third-order valence-corrected chi connectivity index (χ3v) is 8.77. The van der Waals surface area contributed by atoms with Gasteiger partial charge in [-0.3, -0.25) is 4.79 Å². The summed E-state index contributed by atoms with van der Waals surface area (Å²) in [6, 6.07) is 0. The number of hydrogen-bond acceptors (Lipinski definition) is 21. The molecule has 3 aliphatic rings. The van der Waals surface area contributed by atoms with Gasteiger partial charge in [0.1, 0.15) is 104 Å². The summed E-state index contributed by atoms with van der Waals surface area (Å²) in [4.78, 5) is 14.4. The Morgan fingerprint density at radius 3 is 1.36 bits per heavy atom. The SMILES string of the molecule is O=C(C1O[C@H](CO)[C@H](O)[C@H](O)[C@H]1O)[C@@](O)(C1O[C@H](CO)[C@H](O)[C@H](O)[C@H]1O)[C@](O)(C1O[C@H](CO)[C@H](O)[C@H](O)[C@H]1O)[C@H](O)[C@H](O)CO. The van der Waals surface area contributed by atoms with E-state index in [1.807, 2.05) is 0 Å². The molecule has 21 nitrogen and oxygen atoms in total. The second-order valence-electron chi connectivity index (χ2n) is 11.4. The minimum atomic E-state index is -4.28. The Morgan fingerprint density at radius 2 is 0.933 bits per heavy atom. The minimum absolute atomic E-state index is 1.14. The van der Waals surface area contributed by atoms with Gasteiger partial charge in [-0.15, -0.1) is 0 Å². The van der Waals surface area contributed by atoms with Gasteiger partial charge in [0.15, 0.2) is 11.2 Å². The van der Waals surface area contributed by atoms with Crippen LogP contribution in [-0.2, 0) is 19.0 Å². The second-order valence-corrected chi connectivity index (χ2v) is 11.4. The molecule has 0 spiro atoms. The fraction of sp³-hybridized carbons (Fsp3) is 0.958. The van der Waals surface area contributed by atoms with Gasteiger partial charge >= 0.3 is 0 Å². The number of ketones is 1. The second kappa shape index (κ2) is 14.6. The average molecular weight is 667 g/mol. The third kappa shape index (κ3) is 6.15. The van der Waals surface area contributed by atoms with Crippen LogP contribution >= 0.6 is 0 Å². The fourth-order valence-corrected chi connectivity index (χ4v) is 6.02. The van der Waals surface area contributed by atoms with Crippen LogP contribution < -0.4 is 0 Å². The van der Waals surface area contributed by atoms with Gasteiger partial charge in [0.25, 0.3) is 0 Å². The standard InChI is InChI=1S/C24H42O21/c25-1-5(29)19(39)23(41,21-16(37)13(34)10(31)7(3-27)44-21)24(42,22-17(38)14(35)11(32)8(4-28)45-22)20(40)18-15(36)12(33)9(30)6(2-26)43-18/h5-19,21-22,25-39,41-42H,1-4H2/t5-,6-,7-,8-,9+,10+,11+,12+,13+,14+,15-,16-,17-,18?,19-,21?,22?,23-,24-/m1/s1. The Bertz CT molecular complexity index is 985. The van der Waals surface area contributed by atoms with Crippen LogP contribution in [0.4, 0.5) is 0 Å². The molecule has 0 saturated carbocycles. The summed E-state index contributed by atoms with van der Waals surface area (Å²) in [5, 5.41) is 180. The quantitative estimate of drug-likeness (QED) is 0.0972. The number of aliphatic hydroxyl groups is 17. The Labute approximate surface area is 253 Å². The molecule has 3 unspecified atom stereocenters. The van der Waals surface area contributed by atoms with Crippen molar-refractivity contribution in [1.29, 1.82) is 0 Å². The van der Waals surface area contributed by atoms with Crippen molar-refractivity contribution in [2.24, 2.45) is 0 Å². The topological polar surface area (TPSA) is 389 Å². The van der Waals surface area contributed by atoms with E-state index in [2.05, 4.69) is 0 Å². The summed E-state index contributed by atoms with van der Waals surface area (Å²) in [7, 11) is 0. The summed E-state index contributed by atoms with van der Waals surface area (Å²) in [6.07, 6.45) is -41.7. The van der Waals surface area contributed by atoms with Crippen molar-refractivity contribution in [3.05, 3.63) is 0 Å². The van der Waals surface area contributed by atoms with E-state index in [9.17, 15) is 91.6 Å². The van der Waals surface area contributed by atoms with E-state index in [0.29, 0.717) is 0 Å². The third-order valence-electron chi connectivity index (χ3n) is 8.77. The van der Waals surface area contributed by atoms with Crippen LogP contribution in [0.15, 0.2) is 0 Å². The maximum atomic E-state index is 14.4. The van der Waals surface area contributed by atoms with Crippen molar-refractivity contribution >= 4 is 5.78 Å². The van der Waals surface area contributed by atoms with Crippen LogP contribution in [0.1, 0.15) is 0 Å². The molecule has 17 N–H and O–H groups in total. The van der Waals surface area contributed by atoms with Gasteiger partial charge < -0.3 is 101 Å². The van der Waals surface area contributed by atoms with Gasteiger partial charge in [0.2, 0.25) is 5.78 Å². The highest BCUT2D eigenvalue weighted by Crippen LogP contribution is 2.46. The lowest BCUT2D eigenvalue weighted by atomic mass is 9.62. The zero-order chi connectivity index (χ0) is 34.3. The molecule has 19 atom stereocenters. The van der Waals surface area contributed by atoms with Gasteiger partial charge in [-0.1, -0.05) is 0 Å². The van der Waals surface area contributed by atoms with Crippen molar-refractivity contribution < 1.29 is 106 Å². The lowest BCUT2D eigenvalue weighted by molar-refractivity contribution is -0.356. The van der Waals surface area contributed by atoms with Crippen LogP contribution in [0.2, 0.25) is 0 Å². The molecule has 0 aromatic rings. The molecule has 3 saturated heterocycles. The highest BCUT2D eigenvalue weighted by atomic mass is 16.6. The van der Waals surface area contributed by atoms with Gasteiger partial charge in [-0.05, 0) is 0 Å². The number of aliphatic hydroxyl groups excluding tert-OH is 15. The monoisotopic (exact) mass is 666 g/mol. The van der Waals surface area contributed by atoms with E-state index in [1.165, 1.54) is 0 Å². The number of ether oxygens (including phenoxy) is 3. The van der Waals surface area contributed by atoms with Crippen LogP contribution in [0.3, 0.4) is 0 Å². The highest BCUT2D eigenvalue weighted by Gasteiger charge is 2.75. The highest BCUT2D eigenvalue weighted by molar-refractivity contribution is 5.94. The summed E-state index contributed by atoms with van der Waals surface area (Å²) in [6.45, 7) is -5.04. The Morgan fingerprint density at radius 1 is 0.556 bits per heavy atom. The first-order chi connectivity index (χ1) is 20.9. The molecule has 0 radical (unpaired) electrons. The van der Waals surface area contributed by atoms with Gasteiger partial charge in [0.05, 0.1) is 26.4 Å². The first kappa shape index (κ1) is 38.3. The molecule has 21 heteroatoms. The predicted octanol–water partition coefficient (Wildman–Crippen LogP) is -11.7. The lowest BCUT2D eigenvalue weighted by Gasteiger charge is -2.58. The number of hydrogen-bond donors (Lipinski definition) is 17. The largest absolute Gasteiger partial charge is 0.394 e. The Hall–Kier alpha value is -1.13. The van der Waals surface area contributed by atoms with Crippen LogP contribution in [0, 0.1) is 0 Å². The van der Waals surface area contributed by atoms with Crippen LogP contribution in [-0.4, -0.2) is 234 Å². The molecule has 0 aliphatic carbocycles. The molecule has 0 bridgehead atoms. The maximum Gasteiger partial charge on any atom is 0.201 e. The van der Waals surface area contributed by atoms with E-state index in [-0.39, 0.29) is 0 Å². The molecule has 0 amide bonds. The molecule has 3 fully saturated rings. The summed E-state index contributed by atoms with van der Waals surface area (Å²) in [5.74, 6) is -2.16. The molecule has 0 aromatic carbocycles. The summed E-state index contributed by atoms with van der Waals surface area (Å²) < 4.78 is 15.7. The van der Waals surface area contributed by atoms with Gasteiger partial charge in [-0.2, -0.15) is 0 Å². The van der Waals surface area contributed by atoms with Gasteiger partial charge in [0, 0.05) is 0 Å². The minimum Gasteiger partial charge on any atom is -0.394 e. The van der Waals surface area contributed by atoms with Crippen molar-refractivity contribution in [3.63, 3.8) is 0 Å². The first-order valence-corrected chi connectivity index (χ1v) is 13.8.